The van der Waals surface area contributed by atoms with Gasteiger partial charge in [0.2, 0.25) is 15.9 Å². The van der Waals surface area contributed by atoms with Crippen LogP contribution in [0.15, 0.2) is 42.5 Å². The number of likely N-dealkylation sites (tertiary alicyclic amines) is 1. The minimum atomic E-state index is -3.58. The first-order valence-corrected chi connectivity index (χ1v) is 11.9. The van der Waals surface area contributed by atoms with Gasteiger partial charge < -0.3 is 4.90 Å². The molecular weight excluding hydrogens is 448 g/mol. The van der Waals surface area contributed by atoms with Gasteiger partial charge in [-0.25, -0.2) is 30.7 Å². The number of sulfonamides is 1. The number of alkyl halides is 2. The Bertz CT molecular complexity index is 1140. The predicted molar refractivity (Wildman–Crippen MR) is 111 cm³/mol. The van der Waals surface area contributed by atoms with Crippen LogP contribution in [0.5, 0.6) is 0 Å². The molecule has 2 aliphatic rings. The van der Waals surface area contributed by atoms with Crippen molar-refractivity contribution >= 4 is 15.9 Å². The van der Waals surface area contributed by atoms with Crippen molar-refractivity contribution in [1.82, 2.24) is 9.62 Å². The van der Waals surface area contributed by atoms with Crippen LogP contribution in [-0.2, 0) is 20.5 Å². The van der Waals surface area contributed by atoms with E-state index in [-0.39, 0.29) is 42.0 Å². The van der Waals surface area contributed by atoms with Crippen LogP contribution in [0.1, 0.15) is 18.9 Å². The largest absolute Gasteiger partial charge is 0.332 e. The molecule has 172 valence electrons. The zero-order valence-corrected chi connectivity index (χ0v) is 18.0. The molecule has 10 heteroatoms. The van der Waals surface area contributed by atoms with E-state index in [2.05, 4.69) is 4.72 Å². The molecule has 2 aromatic rings. The van der Waals surface area contributed by atoms with Gasteiger partial charge in [0.05, 0.1) is 29.8 Å². The van der Waals surface area contributed by atoms with E-state index in [1.807, 2.05) is 0 Å². The van der Waals surface area contributed by atoms with Crippen molar-refractivity contribution in [3.8, 4) is 11.1 Å². The van der Waals surface area contributed by atoms with Gasteiger partial charge in [0.1, 0.15) is 23.5 Å². The van der Waals surface area contributed by atoms with Crippen LogP contribution < -0.4 is 4.72 Å². The number of nitrogens with zero attached hydrogens (tertiary/aromatic N) is 1. The molecule has 32 heavy (non-hydrogen) atoms. The summed E-state index contributed by atoms with van der Waals surface area (Å²) < 4.78 is 84.1. The summed E-state index contributed by atoms with van der Waals surface area (Å²) in [7, 11) is -3.58. The van der Waals surface area contributed by atoms with Crippen molar-refractivity contribution in [3.05, 3.63) is 59.7 Å². The summed E-state index contributed by atoms with van der Waals surface area (Å²) in [6, 6.07) is 8.13. The van der Waals surface area contributed by atoms with Crippen LogP contribution in [-0.4, -0.2) is 50.3 Å². The van der Waals surface area contributed by atoms with Crippen LogP contribution >= 0.6 is 0 Å². The van der Waals surface area contributed by atoms with E-state index in [1.54, 1.807) is 0 Å². The van der Waals surface area contributed by atoms with Crippen molar-refractivity contribution in [1.29, 1.82) is 0 Å². The zero-order valence-electron chi connectivity index (χ0n) is 17.2. The third kappa shape index (κ3) is 3.90. The summed E-state index contributed by atoms with van der Waals surface area (Å²) in [5.41, 5.74) is -2.53. The number of carbonyl (C=O) groups is 1. The number of halogens is 4. The molecule has 1 saturated carbocycles. The normalized spacial score (nSPS) is 27.2. The minimum absolute atomic E-state index is 0.0112. The Labute approximate surface area is 183 Å². The quantitative estimate of drug-likeness (QED) is 0.632. The summed E-state index contributed by atoms with van der Waals surface area (Å²) in [6.07, 6.45) is -1.63. The van der Waals surface area contributed by atoms with Gasteiger partial charge in [-0.05, 0) is 30.2 Å². The van der Waals surface area contributed by atoms with Crippen LogP contribution in [0.25, 0.3) is 11.1 Å². The molecule has 4 rings (SSSR count). The SMILES string of the molecule is CCS(=O)(=O)NC[C@H]1[C@@H](F)CN1C(=O)[C@@H]1C[C@@]1(F)c1ccccc1-c1c(F)cccc1F. The molecule has 0 spiro atoms. The molecule has 0 radical (unpaired) electrons. The number of amides is 1. The molecule has 4 atom stereocenters. The lowest BCUT2D eigenvalue weighted by Gasteiger charge is -2.44. The van der Waals surface area contributed by atoms with E-state index in [0.717, 1.165) is 17.0 Å². The first-order valence-electron chi connectivity index (χ1n) is 10.2. The molecule has 1 heterocycles. The topological polar surface area (TPSA) is 66.5 Å². The molecule has 1 aliphatic carbocycles. The Hall–Kier alpha value is -2.46. The fourth-order valence-corrected chi connectivity index (χ4v) is 4.77. The van der Waals surface area contributed by atoms with Gasteiger partial charge in [-0.3, -0.25) is 4.79 Å². The van der Waals surface area contributed by atoms with Crippen molar-refractivity contribution in [2.75, 3.05) is 18.8 Å². The van der Waals surface area contributed by atoms with Crippen molar-refractivity contribution in [2.45, 2.75) is 31.2 Å². The second-order valence-electron chi connectivity index (χ2n) is 8.09. The van der Waals surface area contributed by atoms with Crippen molar-refractivity contribution in [3.63, 3.8) is 0 Å². The predicted octanol–water partition coefficient (Wildman–Crippen LogP) is 3.30. The molecule has 2 aromatic carbocycles. The number of hydrogen-bond donors (Lipinski definition) is 1. The third-order valence-electron chi connectivity index (χ3n) is 6.16. The lowest BCUT2D eigenvalue weighted by atomic mass is 9.93. The highest BCUT2D eigenvalue weighted by Crippen LogP contribution is 2.59. The number of benzene rings is 2. The first-order chi connectivity index (χ1) is 15.1. The fourth-order valence-electron chi connectivity index (χ4n) is 4.15. The molecule has 0 aromatic heterocycles. The van der Waals surface area contributed by atoms with Crippen LogP contribution in [0.4, 0.5) is 17.6 Å². The van der Waals surface area contributed by atoms with E-state index < -0.39 is 51.4 Å². The van der Waals surface area contributed by atoms with Gasteiger partial charge >= 0.3 is 0 Å². The number of hydrogen-bond acceptors (Lipinski definition) is 3. The standard InChI is InChI=1S/C22H22F4N2O3S/c1-2-32(30,31)27-11-19-18(25)12-28(19)21(29)15-10-22(15,26)14-7-4-3-6-13(14)20-16(23)8-5-9-17(20)24/h3-9,15,18-19,27H,2,10-12H2,1H3/t15-,18-,19-,22+/m0/s1. The number of nitrogens with one attached hydrogen (secondary N) is 1. The molecular formula is C22H22F4N2O3S. The molecule has 0 bridgehead atoms. The molecule has 0 unspecified atom stereocenters. The maximum absolute atomic E-state index is 15.8. The summed E-state index contributed by atoms with van der Waals surface area (Å²) in [4.78, 5) is 14.0. The summed E-state index contributed by atoms with van der Waals surface area (Å²) in [5.74, 6) is -3.68. The Morgan fingerprint density at radius 3 is 2.44 bits per heavy atom. The average Bonchev–Trinajstić information content (AvgIpc) is 3.44. The third-order valence-corrected chi connectivity index (χ3v) is 7.53. The smallest absolute Gasteiger partial charge is 0.229 e. The van der Waals surface area contributed by atoms with Gasteiger partial charge in [-0.1, -0.05) is 30.3 Å². The Morgan fingerprint density at radius 1 is 1.16 bits per heavy atom. The summed E-state index contributed by atoms with van der Waals surface area (Å²) in [5, 5.41) is 0. The highest BCUT2D eigenvalue weighted by Gasteiger charge is 2.64. The average molecular weight is 470 g/mol. The van der Waals surface area contributed by atoms with Gasteiger partial charge in [-0.2, -0.15) is 0 Å². The van der Waals surface area contributed by atoms with E-state index in [0.29, 0.717) is 0 Å². The van der Waals surface area contributed by atoms with E-state index in [1.165, 1.54) is 37.3 Å². The molecule has 1 amide bonds. The monoisotopic (exact) mass is 470 g/mol. The van der Waals surface area contributed by atoms with Crippen molar-refractivity contribution < 1.29 is 30.8 Å². The molecule has 2 fully saturated rings. The van der Waals surface area contributed by atoms with Gasteiger partial charge in [0.15, 0.2) is 0 Å². The Morgan fingerprint density at radius 2 is 1.81 bits per heavy atom. The molecule has 1 saturated heterocycles. The maximum Gasteiger partial charge on any atom is 0.229 e. The second-order valence-corrected chi connectivity index (χ2v) is 10.2. The second kappa shape index (κ2) is 8.15. The van der Waals surface area contributed by atoms with Gasteiger partial charge in [-0.15, -0.1) is 0 Å². The number of rotatable bonds is 7. The Kier molecular flexibility index (Phi) is 5.79. The molecule has 1 N–H and O–H groups in total. The van der Waals surface area contributed by atoms with Gasteiger partial charge in [0, 0.05) is 13.0 Å². The summed E-state index contributed by atoms with van der Waals surface area (Å²) in [6.45, 7) is 0.871. The fraction of sp³-hybridized carbons (Fsp3) is 0.409. The van der Waals surface area contributed by atoms with Crippen molar-refractivity contribution in [2.24, 2.45) is 5.92 Å². The maximum atomic E-state index is 15.8. The number of carbonyl (C=O) groups excluding carboxylic acids is 1. The van der Waals surface area contributed by atoms with E-state index >= 15 is 4.39 Å². The molecule has 1 aliphatic heterocycles. The van der Waals surface area contributed by atoms with Gasteiger partial charge in [0.25, 0.3) is 0 Å². The van der Waals surface area contributed by atoms with Crippen LogP contribution in [0, 0.1) is 17.6 Å². The zero-order chi connectivity index (χ0) is 23.3. The Balaban J connectivity index is 1.56. The lowest BCUT2D eigenvalue weighted by Crippen LogP contribution is -2.64. The highest BCUT2D eigenvalue weighted by molar-refractivity contribution is 7.89. The highest BCUT2D eigenvalue weighted by atomic mass is 32.2. The lowest BCUT2D eigenvalue weighted by molar-refractivity contribution is -0.147. The first kappa shape index (κ1) is 22.7. The van der Waals surface area contributed by atoms with E-state index in [4.69, 9.17) is 0 Å². The van der Waals surface area contributed by atoms with E-state index in [9.17, 15) is 26.4 Å². The molecule has 5 nitrogen and oxygen atoms in total. The summed E-state index contributed by atoms with van der Waals surface area (Å²) >= 11 is 0. The minimum Gasteiger partial charge on any atom is -0.332 e. The van der Waals surface area contributed by atoms with Crippen LogP contribution in [0.3, 0.4) is 0 Å². The van der Waals surface area contributed by atoms with Crippen LogP contribution in [0.2, 0.25) is 0 Å².